The average Bonchev–Trinajstić information content (AvgIpc) is 2.44. The Bertz CT molecular complexity index is 580. The van der Waals surface area contributed by atoms with E-state index in [0.29, 0.717) is 12.2 Å². The Balaban J connectivity index is 2.08. The van der Waals surface area contributed by atoms with Crippen LogP contribution in [-0.2, 0) is 0 Å². The Labute approximate surface area is 132 Å². The van der Waals surface area contributed by atoms with Crippen molar-refractivity contribution >= 4 is 34.6 Å². The number of halogens is 2. The molecular formula is C13H14Cl2N4O2. The number of nitro benzene ring substituents is 1. The molecule has 0 amide bonds. The molecule has 1 aromatic carbocycles. The van der Waals surface area contributed by atoms with Crippen molar-refractivity contribution in [3.8, 4) is 6.07 Å². The molecule has 0 aliphatic carbocycles. The van der Waals surface area contributed by atoms with Crippen molar-refractivity contribution in [2.45, 2.75) is 18.9 Å². The lowest BCUT2D eigenvalue weighted by Crippen LogP contribution is -2.39. The largest absolute Gasteiger partial charge is 0.377 e. The van der Waals surface area contributed by atoms with E-state index in [4.69, 9.17) is 28.5 Å². The molecule has 1 heterocycles. The fourth-order valence-electron chi connectivity index (χ4n) is 2.36. The van der Waals surface area contributed by atoms with Gasteiger partial charge in [0.05, 0.1) is 27.6 Å². The van der Waals surface area contributed by atoms with Crippen molar-refractivity contribution in [3.05, 3.63) is 32.3 Å². The van der Waals surface area contributed by atoms with Crippen LogP contribution < -0.4 is 5.32 Å². The summed E-state index contributed by atoms with van der Waals surface area (Å²) in [4.78, 5) is 12.7. The molecule has 0 aromatic heterocycles. The van der Waals surface area contributed by atoms with Crippen LogP contribution in [0.25, 0.3) is 0 Å². The molecule has 112 valence electrons. The minimum absolute atomic E-state index is 0.0798. The number of nitro groups is 1. The van der Waals surface area contributed by atoms with Crippen LogP contribution in [-0.4, -0.2) is 35.5 Å². The lowest BCUT2D eigenvalue weighted by atomic mass is 10.0. The molecule has 0 radical (unpaired) electrons. The molecule has 1 aromatic rings. The molecule has 1 saturated heterocycles. The summed E-state index contributed by atoms with van der Waals surface area (Å²) in [5.74, 6) is 0. The summed E-state index contributed by atoms with van der Waals surface area (Å²) in [7, 11) is 0. The van der Waals surface area contributed by atoms with E-state index in [9.17, 15) is 10.1 Å². The number of hydrogen-bond acceptors (Lipinski definition) is 5. The minimum atomic E-state index is -0.477. The molecule has 0 spiro atoms. The number of rotatable bonds is 4. The molecular weight excluding hydrogens is 315 g/mol. The van der Waals surface area contributed by atoms with Crippen molar-refractivity contribution in [1.29, 1.82) is 5.26 Å². The number of anilines is 1. The highest BCUT2D eigenvalue weighted by atomic mass is 35.5. The first-order valence-electron chi connectivity index (χ1n) is 6.50. The van der Waals surface area contributed by atoms with Crippen LogP contribution in [0.5, 0.6) is 0 Å². The predicted octanol–water partition coefficient (Wildman–Crippen LogP) is 3.30. The van der Waals surface area contributed by atoms with Crippen LogP contribution in [0.1, 0.15) is 12.8 Å². The Morgan fingerprint density at radius 1 is 1.38 bits per heavy atom. The SMILES string of the molecule is N#CCN1CCC(Nc2cc(Cl)c(Cl)cc2[N+](=O)[O-])CC1. The van der Waals surface area contributed by atoms with Gasteiger partial charge in [-0.15, -0.1) is 0 Å². The average molecular weight is 329 g/mol. The molecule has 0 saturated carbocycles. The maximum Gasteiger partial charge on any atom is 0.293 e. The summed E-state index contributed by atoms with van der Waals surface area (Å²) < 4.78 is 0. The van der Waals surface area contributed by atoms with Gasteiger partial charge in [0, 0.05) is 25.2 Å². The first kappa shape index (κ1) is 15.8. The molecule has 1 fully saturated rings. The van der Waals surface area contributed by atoms with Crippen LogP contribution in [0.3, 0.4) is 0 Å². The van der Waals surface area contributed by atoms with Gasteiger partial charge in [-0.2, -0.15) is 5.26 Å². The normalized spacial score (nSPS) is 16.4. The number of likely N-dealkylation sites (tertiary alicyclic amines) is 1. The maximum absolute atomic E-state index is 11.1. The summed E-state index contributed by atoms with van der Waals surface area (Å²) >= 11 is 11.8. The van der Waals surface area contributed by atoms with Gasteiger partial charge in [-0.1, -0.05) is 23.2 Å². The van der Waals surface area contributed by atoms with Crippen LogP contribution in [0.2, 0.25) is 10.0 Å². The molecule has 8 heteroatoms. The Morgan fingerprint density at radius 3 is 2.57 bits per heavy atom. The molecule has 2 rings (SSSR count). The molecule has 1 aliphatic rings. The van der Waals surface area contributed by atoms with Crippen molar-refractivity contribution in [2.24, 2.45) is 0 Å². The standard InChI is InChI=1S/C13H14Cl2N4O2/c14-10-7-12(13(19(20)21)8-11(10)15)17-9-1-4-18(5-2-9)6-3-16/h7-9,17H,1-2,4-6H2. The van der Waals surface area contributed by atoms with Crippen molar-refractivity contribution < 1.29 is 4.92 Å². The highest BCUT2D eigenvalue weighted by molar-refractivity contribution is 6.42. The molecule has 0 unspecified atom stereocenters. The first-order valence-corrected chi connectivity index (χ1v) is 7.26. The third-order valence-electron chi connectivity index (χ3n) is 3.48. The second-order valence-electron chi connectivity index (χ2n) is 4.89. The molecule has 1 N–H and O–H groups in total. The van der Waals surface area contributed by atoms with E-state index in [0.717, 1.165) is 25.9 Å². The van der Waals surface area contributed by atoms with Gasteiger partial charge in [0.1, 0.15) is 5.69 Å². The summed E-state index contributed by atoms with van der Waals surface area (Å²) in [5, 5.41) is 23.4. The second kappa shape index (κ2) is 6.94. The quantitative estimate of drug-likeness (QED) is 0.521. The minimum Gasteiger partial charge on any atom is -0.377 e. The Morgan fingerprint density at radius 2 is 2.00 bits per heavy atom. The third-order valence-corrected chi connectivity index (χ3v) is 4.20. The summed E-state index contributed by atoms with van der Waals surface area (Å²) in [5.41, 5.74) is 0.303. The summed E-state index contributed by atoms with van der Waals surface area (Å²) in [6.45, 7) is 2.00. The number of nitrogens with zero attached hydrogens (tertiary/aromatic N) is 3. The molecule has 1 aliphatic heterocycles. The number of hydrogen-bond donors (Lipinski definition) is 1. The van der Waals surface area contributed by atoms with Gasteiger partial charge < -0.3 is 5.32 Å². The maximum atomic E-state index is 11.1. The summed E-state index contributed by atoms with van der Waals surface area (Å²) in [6.07, 6.45) is 1.64. The van der Waals surface area contributed by atoms with Crippen LogP contribution in [0.4, 0.5) is 11.4 Å². The van der Waals surface area contributed by atoms with E-state index in [1.54, 1.807) is 0 Å². The van der Waals surface area contributed by atoms with E-state index in [1.807, 2.05) is 0 Å². The van der Waals surface area contributed by atoms with Gasteiger partial charge in [0.15, 0.2) is 0 Å². The Kier molecular flexibility index (Phi) is 5.23. The van der Waals surface area contributed by atoms with E-state index >= 15 is 0 Å². The van der Waals surface area contributed by atoms with E-state index in [1.165, 1.54) is 12.1 Å². The molecule has 6 nitrogen and oxygen atoms in total. The second-order valence-corrected chi connectivity index (χ2v) is 5.71. The zero-order valence-electron chi connectivity index (χ0n) is 11.2. The molecule has 0 atom stereocenters. The number of piperidine rings is 1. The monoisotopic (exact) mass is 328 g/mol. The fraction of sp³-hybridized carbons (Fsp3) is 0.462. The van der Waals surface area contributed by atoms with Crippen molar-refractivity contribution in [1.82, 2.24) is 4.90 Å². The number of nitrogens with one attached hydrogen (secondary N) is 1. The van der Waals surface area contributed by atoms with E-state index < -0.39 is 4.92 Å². The zero-order valence-corrected chi connectivity index (χ0v) is 12.7. The number of nitriles is 1. The van der Waals surface area contributed by atoms with Crippen molar-refractivity contribution in [2.75, 3.05) is 25.0 Å². The highest BCUT2D eigenvalue weighted by Crippen LogP contribution is 2.35. The van der Waals surface area contributed by atoms with Crippen LogP contribution in [0, 0.1) is 21.4 Å². The van der Waals surface area contributed by atoms with Gasteiger partial charge in [-0.25, -0.2) is 0 Å². The third kappa shape index (κ3) is 3.97. The smallest absolute Gasteiger partial charge is 0.293 e. The Hall–Kier alpha value is -1.55. The van der Waals surface area contributed by atoms with Crippen LogP contribution >= 0.6 is 23.2 Å². The van der Waals surface area contributed by atoms with Crippen molar-refractivity contribution in [3.63, 3.8) is 0 Å². The fourth-order valence-corrected chi connectivity index (χ4v) is 2.68. The predicted molar refractivity (Wildman–Crippen MR) is 81.8 cm³/mol. The van der Waals surface area contributed by atoms with E-state index in [-0.39, 0.29) is 21.8 Å². The lowest BCUT2D eigenvalue weighted by molar-refractivity contribution is -0.384. The van der Waals surface area contributed by atoms with Gasteiger partial charge in [-0.3, -0.25) is 15.0 Å². The summed E-state index contributed by atoms with van der Waals surface area (Å²) in [6, 6.07) is 5.00. The van der Waals surface area contributed by atoms with Gasteiger partial charge in [0.2, 0.25) is 0 Å². The van der Waals surface area contributed by atoms with Crippen LogP contribution in [0.15, 0.2) is 12.1 Å². The van der Waals surface area contributed by atoms with Gasteiger partial charge in [-0.05, 0) is 18.9 Å². The van der Waals surface area contributed by atoms with Gasteiger partial charge >= 0.3 is 0 Å². The van der Waals surface area contributed by atoms with E-state index in [2.05, 4.69) is 16.3 Å². The topological polar surface area (TPSA) is 82.2 Å². The number of benzene rings is 1. The molecule has 0 bridgehead atoms. The van der Waals surface area contributed by atoms with Gasteiger partial charge in [0.25, 0.3) is 5.69 Å². The highest BCUT2D eigenvalue weighted by Gasteiger charge is 2.23. The lowest BCUT2D eigenvalue weighted by Gasteiger charge is -2.31. The first-order chi connectivity index (χ1) is 10.0. The molecule has 21 heavy (non-hydrogen) atoms. The zero-order chi connectivity index (χ0) is 15.4.